The first-order valence-electron chi connectivity index (χ1n) is 7.17. The van der Waals surface area contributed by atoms with Crippen LogP contribution in [0.1, 0.15) is 46.4 Å². The number of carbonyl (C=O) groups is 2. The van der Waals surface area contributed by atoms with Gasteiger partial charge in [0.2, 0.25) is 0 Å². The quantitative estimate of drug-likeness (QED) is 0.804. The third-order valence-electron chi connectivity index (χ3n) is 4.77. The van der Waals surface area contributed by atoms with Crippen LogP contribution in [0.15, 0.2) is 12.1 Å². The van der Waals surface area contributed by atoms with Gasteiger partial charge in [-0.3, -0.25) is 14.5 Å². The summed E-state index contributed by atoms with van der Waals surface area (Å²) in [6.07, 6.45) is 3.53. The molecule has 0 aromatic heterocycles. The van der Waals surface area contributed by atoms with E-state index in [1.807, 2.05) is 0 Å². The van der Waals surface area contributed by atoms with Crippen LogP contribution in [-0.4, -0.2) is 34.8 Å². The molecule has 0 saturated carbocycles. The van der Waals surface area contributed by atoms with Crippen LogP contribution in [0.5, 0.6) is 0 Å². The van der Waals surface area contributed by atoms with Crippen molar-refractivity contribution in [3.05, 3.63) is 34.9 Å². The molecule has 2 saturated heterocycles. The molecule has 4 nitrogen and oxygen atoms in total. The van der Waals surface area contributed by atoms with E-state index in [0.29, 0.717) is 24.9 Å². The van der Waals surface area contributed by atoms with E-state index in [1.54, 1.807) is 0 Å². The van der Waals surface area contributed by atoms with Gasteiger partial charge in [-0.25, -0.2) is 8.78 Å². The predicted molar refractivity (Wildman–Crippen MR) is 69.8 cm³/mol. The van der Waals surface area contributed by atoms with E-state index in [4.69, 9.17) is 0 Å². The van der Waals surface area contributed by atoms with Crippen molar-refractivity contribution in [2.45, 2.75) is 43.8 Å². The molecular formula is C15H14F2N2O2. The van der Waals surface area contributed by atoms with Gasteiger partial charge < -0.3 is 5.32 Å². The molecule has 3 heterocycles. The Balaban J connectivity index is 1.69. The topological polar surface area (TPSA) is 49.4 Å². The zero-order valence-corrected chi connectivity index (χ0v) is 11.2. The summed E-state index contributed by atoms with van der Waals surface area (Å²) in [5.41, 5.74) is -0.0467. The highest BCUT2D eigenvalue weighted by molar-refractivity contribution is 6.21. The normalized spacial score (nSPS) is 31.0. The molecule has 110 valence electrons. The van der Waals surface area contributed by atoms with Crippen molar-refractivity contribution in [2.75, 3.05) is 0 Å². The number of nitrogens with one attached hydrogen (secondary N) is 1. The zero-order valence-electron chi connectivity index (χ0n) is 11.2. The van der Waals surface area contributed by atoms with Crippen molar-refractivity contribution in [2.24, 2.45) is 0 Å². The van der Waals surface area contributed by atoms with Gasteiger partial charge in [-0.05, 0) is 37.8 Å². The summed E-state index contributed by atoms with van der Waals surface area (Å²) in [6, 6.07) is 2.14. The molecular weight excluding hydrogens is 278 g/mol. The van der Waals surface area contributed by atoms with Crippen molar-refractivity contribution in [1.82, 2.24) is 10.2 Å². The van der Waals surface area contributed by atoms with Crippen LogP contribution in [0, 0.1) is 11.6 Å². The number of carbonyl (C=O) groups excluding carboxylic acids is 2. The predicted octanol–water partition coefficient (Wildman–Crippen LogP) is 1.84. The number of nitrogens with zero attached hydrogens (tertiary/aromatic N) is 1. The van der Waals surface area contributed by atoms with Crippen molar-refractivity contribution < 1.29 is 18.4 Å². The molecule has 1 aromatic carbocycles. The number of amides is 2. The second kappa shape index (κ2) is 4.34. The zero-order chi connectivity index (χ0) is 14.7. The highest BCUT2D eigenvalue weighted by Crippen LogP contribution is 2.34. The number of halogens is 2. The molecule has 0 radical (unpaired) electrons. The average molecular weight is 292 g/mol. The van der Waals surface area contributed by atoms with Gasteiger partial charge in [0.15, 0.2) is 11.6 Å². The standard InChI is InChI=1S/C15H14F2N2O2/c16-12-5-10-11(6-13(12)17)15(21)19(14(10)20)9-3-7-1-2-8(4-9)18-7/h5-9,18H,1-4H2. The number of fused-ring (bicyclic) bond motifs is 3. The van der Waals surface area contributed by atoms with Crippen molar-refractivity contribution >= 4 is 11.8 Å². The van der Waals surface area contributed by atoms with Crippen LogP contribution in [0.4, 0.5) is 8.78 Å². The maximum Gasteiger partial charge on any atom is 0.261 e. The first kappa shape index (κ1) is 12.9. The summed E-state index contributed by atoms with van der Waals surface area (Å²) in [5, 5.41) is 3.44. The largest absolute Gasteiger partial charge is 0.311 e. The van der Waals surface area contributed by atoms with E-state index in [2.05, 4.69) is 5.32 Å². The van der Waals surface area contributed by atoms with Gasteiger partial charge in [-0.2, -0.15) is 0 Å². The van der Waals surface area contributed by atoms with Gasteiger partial charge in [-0.1, -0.05) is 0 Å². The lowest BCUT2D eigenvalue weighted by atomic mass is 9.98. The minimum absolute atomic E-state index is 0.0234. The van der Waals surface area contributed by atoms with Crippen molar-refractivity contribution in [3.63, 3.8) is 0 Å². The van der Waals surface area contributed by atoms with Gasteiger partial charge in [0, 0.05) is 18.1 Å². The minimum atomic E-state index is -1.10. The van der Waals surface area contributed by atoms with Crippen LogP contribution in [0.25, 0.3) is 0 Å². The van der Waals surface area contributed by atoms with Gasteiger partial charge in [0.25, 0.3) is 11.8 Å². The molecule has 2 unspecified atom stereocenters. The fourth-order valence-corrected chi connectivity index (χ4v) is 3.82. The molecule has 1 N–H and O–H groups in total. The Morgan fingerprint density at radius 1 is 0.952 bits per heavy atom. The summed E-state index contributed by atoms with van der Waals surface area (Å²) in [6.45, 7) is 0. The lowest BCUT2D eigenvalue weighted by molar-refractivity contribution is 0.0535. The van der Waals surface area contributed by atoms with Crippen LogP contribution in [0.3, 0.4) is 0 Å². The van der Waals surface area contributed by atoms with Gasteiger partial charge in [0.05, 0.1) is 11.1 Å². The highest BCUT2D eigenvalue weighted by atomic mass is 19.2. The Hall–Kier alpha value is -1.82. The smallest absolute Gasteiger partial charge is 0.261 e. The number of rotatable bonds is 1. The summed E-state index contributed by atoms with van der Waals surface area (Å²) < 4.78 is 26.6. The van der Waals surface area contributed by atoms with Gasteiger partial charge >= 0.3 is 0 Å². The maximum atomic E-state index is 13.3. The minimum Gasteiger partial charge on any atom is -0.311 e. The molecule has 3 aliphatic rings. The highest BCUT2D eigenvalue weighted by Gasteiger charge is 2.45. The lowest BCUT2D eigenvalue weighted by Gasteiger charge is -2.34. The molecule has 1 aromatic rings. The SMILES string of the molecule is O=C1c2cc(F)c(F)cc2C(=O)N1C1CC2CCC(C1)N2. The van der Waals surface area contributed by atoms with Gasteiger partial charge in [0.1, 0.15) is 0 Å². The average Bonchev–Trinajstić information content (AvgIpc) is 2.90. The number of hydrogen-bond donors (Lipinski definition) is 1. The Labute approximate surface area is 120 Å². The molecule has 2 bridgehead atoms. The summed E-state index contributed by atoms with van der Waals surface area (Å²) >= 11 is 0. The van der Waals surface area contributed by atoms with E-state index in [-0.39, 0.29) is 17.2 Å². The Morgan fingerprint density at radius 2 is 1.43 bits per heavy atom. The third-order valence-corrected chi connectivity index (χ3v) is 4.77. The number of imide groups is 1. The first-order chi connectivity index (χ1) is 10.0. The molecule has 21 heavy (non-hydrogen) atoms. The second-order valence-corrected chi connectivity index (χ2v) is 6.06. The number of benzene rings is 1. The van der Waals surface area contributed by atoms with E-state index in [9.17, 15) is 18.4 Å². The summed E-state index contributed by atoms with van der Waals surface area (Å²) in [4.78, 5) is 26.0. The third kappa shape index (κ3) is 1.82. The Bertz CT molecular complexity index is 608. The molecule has 6 heteroatoms. The fraction of sp³-hybridized carbons (Fsp3) is 0.467. The Morgan fingerprint density at radius 3 is 1.90 bits per heavy atom. The molecule has 2 fully saturated rings. The van der Waals surface area contributed by atoms with Crippen LogP contribution in [0.2, 0.25) is 0 Å². The van der Waals surface area contributed by atoms with Crippen molar-refractivity contribution in [3.8, 4) is 0 Å². The molecule has 0 spiro atoms. The van der Waals surface area contributed by atoms with Crippen LogP contribution in [-0.2, 0) is 0 Å². The molecule has 4 rings (SSSR count). The van der Waals surface area contributed by atoms with Crippen molar-refractivity contribution in [1.29, 1.82) is 0 Å². The fourth-order valence-electron chi connectivity index (χ4n) is 3.82. The van der Waals surface area contributed by atoms with E-state index < -0.39 is 23.4 Å². The monoisotopic (exact) mass is 292 g/mol. The van der Waals surface area contributed by atoms with E-state index >= 15 is 0 Å². The lowest BCUT2D eigenvalue weighted by Crippen LogP contribution is -2.50. The summed E-state index contributed by atoms with van der Waals surface area (Å²) in [5.74, 6) is -3.19. The molecule has 3 aliphatic heterocycles. The van der Waals surface area contributed by atoms with Crippen LogP contribution < -0.4 is 5.32 Å². The molecule has 0 aliphatic carbocycles. The maximum absolute atomic E-state index is 13.3. The van der Waals surface area contributed by atoms with E-state index in [0.717, 1.165) is 25.0 Å². The van der Waals surface area contributed by atoms with Gasteiger partial charge in [-0.15, -0.1) is 0 Å². The second-order valence-electron chi connectivity index (χ2n) is 6.06. The number of piperidine rings is 1. The molecule has 2 amide bonds. The Kier molecular flexibility index (Phi) is 2.66. The van der Waals surface area contributed by atoms with Crippen LogP contribution >= 0.6 is 0 Å². The number of hydrogen-bond acceptors (Lipinski definition) is 3. The molecule has 2 atom stereocenters. The summed E-state index contributed by atoms with van der Waals surface area (Å²) in [7, 11) is 0. The first-order valence-corrected chi connectivity index (χ1v) is 7.17. The van der Waals surface area contributed by atoms with E-state index in [1.165, 1.54) is 4.90 Å².